The van der Waals surface area contributed by atoms with Crippen molar-refractivity contribution in [1.82, 2.24) is 15.5 Å². The summed E-state index contributed by atoms with van der Waals surface area (Å²) in [4.78, 5) is 12.2. The Morgan fingerprint density at radius 1 is 1.29 bits per heavy atom. The number of carbonyl (C=O) groups is 1. The van der Waals surface area contributed by atoms with Gasteiger partial charge >= 0.3 is 0 Å². The van der Waals surface area contributed by atoms with E-state index in [0.29, 0.717) is 19.1 Å². The van der Waals surface area contributed by atoms with Gasteiger partial charge in [0, 0.05) is 17.3 Å². The Labute approximate surface area is 121 Å². The molecule has 1 amide bonds. The third-order valence-electron chi connectivity index (χ3n) is 3.55. The van der Waals surface area contributed by atoms with Crippen LogP contribution in [-0.2, 0) is 9.53 Å². The fourth-order valence-electron chi connectivity index (χ4n) is 2.33. The third-order valence-corrected chi connectivity index (χ3v) is 3.55. The van der Waals surface area contributed by atoms with E-state index in [1.165, 1.54) is 6.39 Å². The highest BCUT2D eigenvalue weighted by Crippen LogP contribution is 2.20. The fourth-order valence-corrected chi connectivity index (χ4v) is 2.33. The maximum atomic E-state index is 12.2. The first kappa shape index (κ1) is 13.7. The van der Waals surface area contributed by atoms with Gasteiger partial charge in [-0.1, -0.05) is 0 Å². The zero-order valence-electron chi connectivity index (χ0n) is 11.6. The highest BCUT2D eigenvalue weighted by atomic mass is 16.5. The number of nitrogens with zero attached hydrogens (tertiary/aromatic N) is 2. The average Bonchev–Trinajstić information content (AvgIpc) is 3.19. The number of aromatic nitrogens is 2. The van der Waals surface area contributed by atoms with Crippen LogP contribution >= 0.6 is 0 Å². The van der Waals surface area contributed by atoms with Crippen molar-refractivity contribution in [1.29, 1.82) is 0 Å². The van der Waals surface area contributed by atoms with E-state index in [0.717, 1.165) is 11.3 Å². The van der Waals surface area contributed by atoms with Gasteiger partial charge < -0.3 is 19.8 Å². The zero-order chi connectivity index (χ0) is 14.7. The molecule has 1 aromatic carbocycles. The van der Waals surface area contributed by atoms with Gasteiger partial charge in [-0.15, -0.1) is 10.2 Å². The van der Waals surface area contributed by atoms with Crippen LogP contribution in [0, 0.1) is 5.92 Å². The molecule has 1 saturated heterocycles. The van der Waals surface area contributed by atoms with Gasteiger partial charge in [0.25, 0.3) is 0 Å². The van der Waals surface area contributed by atoms with E-state index in [-0.39, 0.29) is 17.9 Å². The number of likely N-dealkylation sites (N-methyl/N-ethyl adjacent to an activating group) is 1. The van der Waals surface area contributed by atoms with Crippen molar-refractivity contribution in [3.05, 3.63) is 30.7 Å². The van der Waals surface area contributed by atoms with Gasteiger partial charge in [-0.05, 0) is 31.3 Å². The lowest BCUT2D eigenvalue weighted by atomic mass is 10.0. The molecular formula is C14H16N4O3. The van der Waals surface area contributed by atoms with Gasteiger partial charge in [-0.3, -0.25) is 4.79 Å². The smallest absolute Gasteiger partial charge is 0.247 e. The quantitative estimate of drug-likeness (QED) is 0.869. The van der Waals surface area contributed by atoms with E-state index in [9.17, 15) is 4.79 Å². The first-order chi connectivity index (χ1) is 10.3. The highest BCUT2D eigenvalue weighted by molar-refractivity contribution is 5.93. The summed E-state index contributed by atoms with van der Waals surface area (Å²) in [6.07, 6.45) is 1.28. The molecule has 1 aliphatic rings. The predicted octanol–water partition coefficient (Wildman–Crippen LogP) is 0.909. The Hall–Kier alpha value is -2.25. The van der Waals surface area contributed by atoms with Crippen molar-refractivity contribution in [2.24, 2.45) is 5.92 Å². The number of amides is 1. The molecule has 1 aliphatic heterocycles. The van der Waals surface area contributed by atoms with Crippen LogP contribution in [0.15, 0.2) is 35.1 Å². The fraction of sp³-hybridized carbons (Fsp3) is 0.357. The van der Waals surface area contributed by atoms with Crippen LogP contribution in [0.5, 0.6) is 0 Å². The molecule has 7 heteroatoms. The first-order valence-electron chi connectivity index (χ1n) is 6.70. The second kappa shape index (κ2) is 6.02. The molecule has 21 heavy (non-hydrogen) atoms. The minimum Gasteiger partial charge on any atom is -0.423 e. The molecule has 1 aromatic heterocycles. The molecule has 110 valence electrons. The van der Waals surface area contributed by atoms with E-state index in [1.807, 2.05) is 31.3 Å². The van der Waals surface area contributed by atoms with Crippen molar-refractivity contribution in [3.63, 3.8) is 0 Å². The van der Waals surface area contributed by atoms with Gasteiger partial charge in [0.15, 0.2) is 0 Å². The molecule has 2 atom stereocenters. The predicted molar refractivity (Wildman–Crippen MR) is 75.5 cm³/mol. The van der Waals surface area contributed by atoms with Crippen LogP contribution < -0.4 is 10.6 Å². The van der Waals surface area contributed by atoms with Gasteiger partial charge in [0.1, 0.15) is 0 Å². The lowest BCUT2D eigenvalue weighted by molar-refractivity contribution is -0.120. The second-order valence-corrected chi connectivity index (χ2v) is 4.85. The number of ether oxygens (including phenoxy) is 1. The van der Waals surface area contributed by atoms with Crippen LogP contribution in [0.25, 0.3) is 11.5 Å². The molecular weight excluding hydrogens is 272 g/mol. The van der Waals surface area contributed by atoms with Crippen LogP contribution in [0.3, 0.4) is 0 Å². The Morgan fingerprint density at radius 3 is 2.76 bits per heavy atom. The Bertz CT molecular complexity index is 597. The summed E-state index contributed by atoms with van der Waals surface area (Å²) in [5.41, 5.74) is 1.54. The summed E-state index contributed by atoms with van der Waals surface area (Å²) in [6, 6.07) is 7.32. The average molecular weight is 288 g/mol. The number of carbonyl (C=O) groups excluding carboxylic acids is 1. The largest absolute Gasteiger partial charge is 0.423 e. The molecule has 0 bridgehead atoms. The summed E-state index contributed by atoms with van der Waals surface area (Å²) in [7, 11) is 1.83. The molecule has 3 rings (SSSR count). The van der Waals surface area contributed by atoms with E-state index in [2.05, 4.69) is 20.8 Å². The van der Waals surface area contributed by atoms with Crippen LogP contribution in [-0.4, -0.2) is 42.4 Å². The zero-order valence-corrected chi connectivity index (χ0v) is 11.6. The Kier molecular flexibility index (Phi) is 3.94. The number of rotatable bonds is 4. The summed E-state index contributed by atoms with van der Waals surface area (Å²) in [5.74, 6) is 0.232. The van der Waals surface area contributed by atoms with Crippen molar-refractivity contribution >= 4 is 11.6 Å². The standard InChI is InChI=1S/C14H16N4O3/c1-15-12-7-20-6-11(12)13(19)17-10-4-2-9(3-5-10)14-18-16-8-21-14/h2-5,8,11-12,15H,6-7H2,1H3,(H,17,19). The van der Waals surface area contributed by atoms with E-state index in [4.69, 9.17) is 9.15 Å². The SMILES string of the molecule is CNC1COCC1C(=O)Nc1ccc(-c2nnco2)cc1. The molecule has 0 saturated carbocycles. The Balaban J connectivity index is 1.66. The molecule has 0 spiro atoms. The van der Waals surface area contributed by atoms with Crippen molar-refractivity contribution < 1.29 is 13.9 Å². The van der Waals surface area contributed by atoms with Crippen molar-refractivity contribution in [3.8, 4) is 11.5 Å². The molecule has 2 heterocycles. The summed E-state index contributed by atoms with van der Waals surface area (Å²) in [6.45, 7) is 1.00. The monoisotopic (exact) mass is 288 g/mol. The molecule has 7 nitrogen and oxygen atoms in total. The molecule has 2 aromatic rings. The topological polar surface area (TPSA) is 89.3 Å². The molecule has 0 radical (unpaired) electrons. The van der Waals surface area contributed by atoms with Crippen LogP contribution in [0.2, 0.25) is 0 Å². The number of nitrogens with one attached hydrogen (secondary N) is 2. The maximum Gasteiger partial charge on any atom is 0.247 e. The van der Waals surface area contributed by atoms with Crippen LogP contribution in [0.1, 0.15) is 0 Å². The number of benzene rings is 1. The van der Waals surface area contributed by atoms with Crippen LogP contribution in [0.4, 0.5) is 5.69 Å². The van der Waals surface area contributed by atoms with E-state index >= 15 is 0 Å². The molecule has 2 unspecified atom stereocenters. The highest BCUT2D eigenvalue weighted by Gasteiger charge is 2.32. The van der Waals surface area contributed by atoms with E-state index < -0.39 is 0 Å². The third kappa shape index (κ3) is 2.93. The lowest BCUT2D eigenvalue weighted by Crippen LogP contribution is -2.39. The number of hydrogen-bond donors (Lipinski definition) is 2. The minimum absolute atomic E-state index is 0.0441. The van der Waals surface area contributed by atoms with Crippen molar-refractivity contribution in [2.75, 3.05) is 25.6 Å². The Morgan fingerprint density at radius 2 is 2.10 bits per heavy atom. The van der Waals surface area contributed by atoms with Gasteiger partial charge in [-0.2, -0.15) is 0 Å². The molecule has 0 aliphatic carbocycles. The molecule has 2 N–H and O–H groups in total. The van der Waals surface area contributed by atoms with Gasteiger partial charge in [0.05, 0.1) is 19.1 Å². The van der Waals surface area contributed by atoms with E-state index in [1.54, 1.807) is 0 Å². The summed E-state index contributed by atoms with van der Waals surface area (Å²) in [5, 5.41) is 13.5. The normalized spacial score (nSPS) is 21.4. The summed E-state index contributed by atoms with van der Waals surface area (Å²) >= 11 is 0. The maximum absolute atomic E-state index is 12.2. The van der Waals surface area contributed by atoms with Gasteiger partial charge in [0.2, 0.25) is 18.2 Å². The second-order valence-electron chi connectivity index (χ2n) is 4.85. The van der Waals surface area contributed by atoms with Gasteiger partial charge in [-0.25, -0.2) is 0 Å². The minimum atomic E-state index is -0.175. The number of hydrogen-bond acceptors (Lipinski definition) is 6. The first-order valence-corrected chi connectivity index (χ1v) is 6.70. The summed E-state index contributed by atoms with van der Waals surface area (Å²) < 4.78 is 10.5. The lowest BCUT2D eigenvalue weighted by Gasteiger charge is -2.16. The van der Waals surface area contributed by atoms with Crippen molar-refractivity contribution in [2.45, 2.75) is 6.04 Å². The molecule has 1 fully saturated rings. The number of anilines is 1.